The highest BCUT2D eigenvalue weighted by atomic mass is 19.4. The van der Waals surface area contributed by atoms with E-state index in [1.807, 2.05) is 0 Å². The highest BCUT2D eigenvalue weighted by Crippen LogP contribution is 2.35. The van der Waals surface area contributed by atoms with Crippen LogP contribution in [0.25, 0.3) is 0 Å². The van der Waals surface area contributed by atoms with E-state index >= 15 is 0 Å². The molecule has 0 fully saturated rings. The van der Waals surface area contributed by atoms with Crippen LogP contribution in [0.3, 0.4) is 0 Å². The van der Waals surface area contributed by atoms with Crippen molar-refractivity contribution in [3.63, 3.8) is 0 Å². The van der Waals surface area contributed by atoms with Crippen LogP contribution in [0.2, 0.25) is 0 Å². The fourth-order valence-corrected chi connectivity index (χ4v) is 1.92. The molecule has 0 aliphatic rings. The second-order valence-electron chi connectivity index (χ2n) is 4.30. The molecular weight excluding hydrogens is 274 g/mol. The molecule has 0 saturated heterocycles. The second kappa shape index (κ2) is 5.58. The second-order valence-corrected chi connectivity index (χ2v) is 4.30. The predicted octanol–water partition coefficient (Wildman–Crippen LogP) is 3.52. The zero-order valence-electron chi connectivity index (χ0n) is 10.2. The van der Waals surface area contributed by atoms with E-state index in [1.165, 1.54) is 12.4 Å². The Morgan fingerprint density at radius 3 is 2.35 bits per heavy atom. The number of nitrogens with zero attached hydrogens (tertiary/aromatic N) is 1. The van der Waals surface area contributed by atoms with Crippen LogP contribution >= 0.6 is 0 Å². The quantitative estimate of drug-likeness (QED) is 0.875. The maximum absolute atomic E-state index is 13.1. The molecule has 1 aromatic heterocycles. The van der Waals surface area contributed by atoms with Crippen molar-refractivity contribution in [2.45, 2.75) is 18.7 Å². The first-order valence-corrected chi connectivity index (χ1v) is 5.81. The highest BCUT2D eigenvalue weighted by molar-refractivity contribution is 5.33. The summed E-state index contributed by atoms with van der Waals surface area (Å²) in [6.45, 7) is 0. The van der Waals surface area contributed by atoms with E-state index in [4.69, 9.17) is 0 Å². The molecule has 1 heterocycles. The van der Waals surface area contributed by atoms with E-state index < -0.39 is 29.2 Å². The SMILES string of the molecule is OC(Cc1ccncc1)c1cc(F)ccc1C(F)(F)F. The zero-order chi connectivity index (χ0) is 14.8. The Morgan fingerprint density at radius 2 is 1.75 bits per heavy atom. The summed E-state index contributed by atoms with van der Waals surface area (Å²) in [4.78, 5) is 3.77. The molecule has 1 unspecified atom stereocenters. The first-order valence-electron chi connectivity index (χ1n) is 5.81. The van der Waals surface area contributed by atoms with Crippen LogP contribution in [0.5, 0.6) is 0 Å². The maximum Gasteiger partial charge on any atom is 0.416 e. The summed E-state index contributed by atoms with van der Waals surface area (Å²) < 4.78 is 51.7. The molecule has 2 aromatic rings. The Morgan fingerprint density at radius 1 is 1.10 bits per heavy atom. The Hall–Kier alpha value is -1.95. The Bertz CT molecular complexity index is 583. The molecule has 0 radical (unpaired) electrons. The summed E-state index contributed by atoms with van der Waals surface area (Å²) >= 11 is 0. The molecule has 2 rings (SSSR count). The van der Waals surface area contributed by atoms with Crippen LogP contribution in [0.4, 0.5) is 17.6 Å². The number of hydrogen-bond acceptors (Lipinski definition) is 2. The standard InChI is InChI=1S/C14H11F4NO/c15-10-1-2-12(14(16,17)18)11(8-10)13(20)7-9-3-5-19-6-4-9/h1-6,8,13,20H,7H2. The Balaban J connectivity index is 2.34. The van der Waals surface area contributed by atoms with Gasteiger partial charge in [-0.25, -0.2) is 4.39 Å². The van der Waals surface area contributed by atoms with Gasteiger partial charge in [0.1, 0.15) is 5.82 Å². The van der Waals surface area contributed by atoms with Crippen molar-refractivity contribution >= 4 is 0 Å². The van der Waals surface area contributed by atoms with Gasteiger partial charge in [-0.15, -0.1) is 0 Å². The van der Waals surface area contributed by atoms with Crippen molar-refractivity contribution in [2.75, 3.05) is 0 Å². The summed E-state index contributed by atoms with van der Waals surface area (Å²) in [6, 6.07) is 5.24. The largest absolute Gasteiger partial charge is 0.416 e. The number of halogens is 4. The number of aliphatic hydroxyl groups excluding tert-OH is 1. The van der Waals surface area contributed by atoms with Gasteiger partial charge in [-0.3, -0.25) is 4.98 Å². The van der Waals surface area contributed by atoms with Crippen molar-refractivity contribution < 1.29 is 22.7 Å². The third-order valence-corrected chi connectivity index (χ3v) is 2.86. The first-order chi connectivity index (χ1) is 9.38. The van der Waals surface area contributed by atoms with Crippen molar-refractivity contribution in [3.05, 3.63) is 65.2 Å². The summed E-state index contributed by atoms with van der Waals surface area (Å²) in [7, 11) is 0. The van der Waals surface area contributed by atoms with Gasteiger partial charge in [0.15, 0.2) is 0 Å². The summed E-state index contributed by atoms with van der Waals surface area (Å²) in [5.41, 5.74) is -0.875. The zero-order valence-corrected chi connectivity index (χ0v) is 10.2. The lowest BCUT2D eigenvalue weighted by Gasteiger charge is -2.17. The van der Waals surface area contributed by atoms with Gasteiger partial charge in [-0.2, -0.15) is 13.2 Å². The molecule has 106 valence electrons. The third-order valence-electron chi connectivity index (χ3n) is 2.86. The molecule has 0 aliphatic heterocycles. The van der Waals surface area contributed by atoms with E-state index in [1.54, 1.807) is 12.1 Å². The van der Waals surface area contributed by atoms with Crippen LogP contribution in [-0.2, 0) is 12.6 Å². The molecule has 0 aliphatic carbocycles. The molecule has 1 atom stereocenters. The van der Waals surface area contributed by atoms with Crippen molar-refractivity contribution in [3.8, 4) is 0 Å². The number of benzene rings is 1. The molecular formula is C14H11F4NO. The normalized spacial score (nSPS) is 13.2. The molecule has 0 bridgehead atoms. The van der Waals surface area contributed by atoms with E-state index in [0.717, 1.165) is 6.07 Å². The first kappa shape index (κ1) is 14.5. The van der Waals surface area contributed by atoms with Crippen LogP contribution < -0.4 is 0 Å². The lowest BCUT2D eigenvalue weighted by molar-refractivity contribution is -0.139. The fourth-order valence-electron chi connectivity index (χ4n) is 1.92. The smallest absolute Gasteiger partial charge is 0.388 e. The number of hydrogen-bond donors (Lipinski definition) is 1. The lowest BCUT2D eigenvalue weighted by Crippen LogP contribution is -2.14. The highest BCUT2D eigenvalue weighted by Gasteiger charge is 2.35. The van der Waals surface area contributed by atoms with E-state index in [9.17, 15) is 22.7 Å². The number of aromatic nitrogens is 1. The average molecular weight is 285 g/mol. The summed E-state index contributed by atoms with van der Waals surface area (Å²) in [6.07, 6.45) is -3.18. The fraction of sp³-hybridized carbons (Fsp3) is 0.214. The Labute approximate surface area is 112 Å². The van der Waals surface area contributed by atoms with Crippen molar-refractivity contribution in [1.29, 1.82) is 0 Å². The van der Waals surface area contributed by atoms with Gasteiger partial charge in [0.2, 0.25) is 0 Å². The van der Waals surface area contributed by atoms with Crippen LogP contribution in [-0.4, -0.2) is 10.1 Å². The van der Waals surface area contributed by atoms with Gasteiger partial charge < -0.3 is 5.11 Å². The summed E-state index contributed by atoms with van der Waals surface area (Å²) in [5, 5.41) is 9.96. The summed E-state index contributed by atoms with van der Waals surface area (Å²) in [5.74, 6) is -0.818. The van der Waals surface area contributed by atoms with Gasteiger partial charge in [0.25, 0.3) is 0 Å². The van der Waals surface area contributed by atoms with Crippen molar-refractivity contribution in [1.82, 2.24) is 4.98 Å². The number of pyridine rings is 1. The van der Waals surface area contributed by atoms with Gasteiger partial charge >= 0.3 is 6.18 Å². The molecule has 0 spiro atoms. The van der Waals surface area contributed by atoms with Gasteiger partial charge in [0.05, 0.1) is 11.7 Å². The molecule has 0 saturated carbocycles. The molecule has 2 nitrogen and oxygen atoms in total. The number of alkyl halides is 3. The third kappa shape index (κ3) is 3.33. The van der Waals surface area contributed by atoms with Crippen LogP contribution in [0.15, 0.2) is 42.7 Å². The lowest BCUT2D eigenvalue weighted by atomic mass is 9.97. The predicted molar refractivity (Wildman–Crippen MR) is 64.3 cm³/mol. The van der Waals surface area contributed by atoms with Gasteiger partial charge in [-0.1, -0.05) is 0 Å². The molecule has 1 N–H and O–H groups in total. The van der Waals surface area contributed by atoms with Crippen LogP contribution in [0.1, 0.15) is 22.8 Å². The Kier molecular flexibility index (Phi) is 4.04. The monoisotopic (exact) mass is 285 g/mol. The van der Waals surface area contributed by atoms with Crippen molar-refractivity contribution in [2.24, 2.45) is 0 Å². The van der Waals surface area contributed by atoms with Gasteiger partial charge in [0, 0.05) is 18.8 Å². The maximum atomic E-state index is 13.1. The van der Waals surface area contributed by atoms with E-state index in [0.29, 0.717) is 17.7 Å². The minimum atomic E-state index is -4.64. The van der Waals surface area contributed by atoms with Gasteiger partial charge in [-0.05, 0) is 41.5 Å². The van der Waals surface area contributed by atoms with Crippen LogP contribution in [0, 0.1) is 5.82 Å². The number of aliphatic hydroxyl groups is 1. The molecule has 6 heteroatoms. The minimum absolute atomic E-state index is 0.0466. The number of rotatable bonds is 3. The molecule has 0 amide bonds. The molecule has 20 heavy (non-hydrogen) atoms. The van der Waals surface area contributed by atoms with E-state index in [-0.39, 0.29) is 6.42 Å². The van der Waals surface area contributed by atoms with E-state index in [2.05, 4.69) is 4.98 Å². The topological polar surface area (TPSA) is 33.1 Å². The molecule has 1 aromatic carbocycles. The average Bonchev–Trinajstić information content (AvgIpc) is 2.38. The minimum Gasteiger partial charge on any atom is -0.388 e.